The molecule has 0 aromatic heterocycles. The fourth-order valence-corrected chi connectivity index (χ4v) is 0.439. The summed E-state index contributed by atoms with van der Waals surface area (Å²) in [5, 5.41) is 0. The monoisotopic (exact) mass is 124 g/mol. The van der Waals surface area contributed by atoms with E-state index in [1.165, 1.54) is 0 Å². The van der Waals surface area contributed by atoms with E-state index in [9.17, 15) is 4.21 Å². The Kier molecular flexibility index (Phi) is 4.21. The second-order valence-corrected chi connectivity index (χ2v) is 2.03. The molecule has 4 N–H and O–H groups in total. The van der Waals surface area contributed by atoms with Crippen molar-refractivity contribution in [2.75, 3.05) is 12.3 Å². The molecule has 0 aliphatic heterocycles. The van der Waals surface area contributed by atoms with Crippen molar-refractivity contribution in [3.8, 4) is 0 Å². The maximum atomic E-state index is 9.77. The van der Waals surface area contributed by atoms with Crippen LogP contribution in [0, 0.1) is 0 Å². The summed E-state index contributed by atoms with van der Waals surface area (Å²) < 4.78 is 17.8. The summed E-state index contributed by atoms with van der Waals surface area (Å²) in [7, 11) is 0. The quantitative estimate of drug-likeness (QED) is 0.247. The molecule has 0 fully saturated rings. The zero-order valence-corrected chi connectivity index (χ0v) is 4.57. The van der Waals surface area contributed by atoms with E-state index in [1.54, 1.807) is 0 Å². The molecule has 4 nitrogen and oxygen atoms in total. The molecule has 0 aromatic rings. The van der Waals surface area contributed by atoms with E-state index in [1.807, 2.05) is 0 Å². The molecule has 0 aliphatic carbocycles. The topological polar surface area (TPSA) is 75.3 Å². The highest BCUT2D eigenvalue weighted by molar-refractivity contribution is 7.79. The van der Waals surface area contributed by atoms with Gasteiger partial charge in [-0.1, -0.05) is 0 Å². The van der Waals surface area contributed by atoms with Crippen LogP contribution in [0.3, 0.4) is 0 Å². The Labute approximate surface area is 44.3 Å². The Bertz CT molecular complexity index is 66.7. The number of nitrogens with two attached hydrogens (primary N) is 1. The lowest BCUT2D eigenvalue weighted by Crippen LogP contribution is -2.26. The third-order valence-corrected chi connectivity index (χ3v) is 0.974. The summed E-state index contributed by atoms with van der Waals surface area (Å²) in [6, 6.07) is 0. The Morgan fingerprint density at radius 2 is 2.43 bits per heavy atom. The highest BCUT2D eigenvalue weighted by Crippen LogP contribution is 1.66. The van der Waals surface area contributed by atoms with Gasteiger partial charge in [-0.15, -0.1) is 0 Å². The predicted molar refractivity (Wildman–Crippen MR) is 27.8 cm³/mol. The minimum absolute atomic E-state index is 0.191. The smallest absolute Gasteiger partial charge is 0.154 e. The molecular formula is C2H8N2O2S. The van der Waals surface area contributed by atoms with Crippen molar-refractivity contribution >= 4 is 11.1 Å². The summed E-state index contributed by atoms with van der Waals surface area (Å²) in [5.41, 5.74) is 2.25. The van der Waals surface area contributed by atoms with Gasteiger partial charge >= 0.3 is 0 Å². The van der Waals surface area contributed by atoms with Gasteiger partial charge in [0.15, 0.2) is 11.1 Å². The Morgan fingerprint density at radius 3 is 2.57 bits per heavy atom. The Balaban J connectivity index is 2.82. The lowest BCUT2D eigenvalue weighted by atomic mass is 10.8. The number of hydrogen-bond donors (Lipinski definition) is 3. The first-order chi connectivity index (χ1) is 3.27. The van der Waals surface area contributed by atoms with E-state index in [0.717, 1.165) is 0 Å². The summed E-state index contributed by atoms with van der Waals surface area (Å²) in [5.74, 6) is 4.97. The molecule has 0 spiro atoms. The van der Waals surface area contributed by atoms with Gasteiger partial charge in [-0.25, -0.2) is 4.21 Å². The van der Waals surface area contributed by atoms with Crippen LogP contribution in [-0.4, -0.2) is 21.1 Å². The first-order valence-corrected chi connectivity index (χ1v) is 3.06. The van der Waals surface area contributed by atoms with Crippen LogP contribution in [-0.2, 0) is 11.1 Å². The van der Waals surface area contributed by atoms with Gasteiger partial charge in [-0.2, -0.15) is 0 Å². The zero-order valence-electron chi connectivity index (χ0n) is 3.76. The molecule has 0 amide bonds. The van der Waals surface area contributed by atoms with Crippen LogP contribution in [0.15, 0.2) is 0 Å². The van der Waals surface area contributed by atoms with Crippen LogP contribution in [0.1, 0.15) is 0 Å². The van der Waals surface area contributed by atoms with Gasteiger partial charge in [0.2, 0.25) is 0 Å². The van der Waals surface area contributed by atoms with Crippen molar-refractivity contribution in [3.63, 3.8) is 0 Å². The first-order valence-electron chi connectivity index (χ1n) is 1.78. The summed E-state index contributed by atoms with van der Waals surface area (Å²) >= 11 is -1.71. The second-order valence-electron chi connectivity index (χ2n) is 0.980. The molecule has 0 heterocycles. The molecule has 0 radical (unpaired) electrons. The fraction of sp³-hybridized carbons (Fsp3) is 1.00. The van der Waals surface area contributed by atoms with Crippen molar-refractivity contribution < 1.29 is 8.76 Å². The normalized spacial score (nSPS) is 14.0. The molecule has 44 valence electrons. The summed E-state index contributed by atoms with van der Waals surface area (Å²) in [6.07, 6.45) is 0. The van der Waals surface area contributed by atoms with E-state index in [0.29, 0.717) is 6.54 Å². The van der Waals surface area contributed by atoms with Gasteiger partial charge in [0.25, 0.3) is 0 Å². The lowest BCUT2D eigenvalue weighted by molar-refractivity contribution is 0.561. The SMILES string of the molecule is NNCCS(=O)O. The average Bonchev–Trinajstić information content (AvgIpc) is 1.61. The molecule has 1 unspecified atom stereocenters. The van der Waals surface area contributed by atoms with Crippen molar-refractivity contribution in [3.05, 3.63) is 0 Å². The second kappa shape index (κ2) is 4.20. The number of hydrazine groups is 1. The van der Waals surface area contributed by atoms with E-state index in [2.05, 4.69) is 5.43 Å². The highest BCUT2D eigenvalue weighted by atomic mass is 32.2. The van der Waals surface area contributed by atoms with Crippen LogP contribution in [0.4, 0.5) is 0 Å². The molecule has 1 atom stereocenters. The van der Waals surface area contributed by atoms with Gasteiger partial charge in [0, 0.05) is 6.54 Å². The molecule has 5 heteroatoms. The molecule has 7 heavy (non-hydrogen) atoms. The lowest BCUT2D eigenvalue weighted by Gasteiger charge is -1.89. The minimum Gasteiger partial charge on any atom is -0.306 e. The van der Waals surface area contributed by atoms with Crippen molar-refractivity contribution in [1.29, 1.82) is 0 Å². The van der Waals surface area contributed by atoms with Gasteiger partial charge in [0.05, 0.1) is 5.75 Å². The van der Waals surface area contributed by atoms with Crippen LogP contribution >= 0.6 is 0 Å². The summed E-state index contributed by atoms with van der Waals surface area (Å²) in [4.78, 5) is 0. The zero-order chi connectivity index (χ0) is 5.70. The third kappa shape index (κ3) is 6.03. The van der Waals surface area contributed by atoms with E-state index in [-0.39, 0.29) is 5.75 Å². The van der Waals surface area contributed by atoms with Crippen molar-refractivity contribution in [2.45, 2.75) is 0 Å². The number of nitrogens with one attached hydrogen (secondary N) is 1. The summed E-state index contributed by atoms with van der Waals surface area (Å²) in [6.45, 7) is 0.378. The Morgan fingerprint density at radius 1 is 1.86 bits per heavy atom. The molecule has 0 bridgehead atoms. The van der Waals surface area contributed by atoms with E-state index in [4.69, 9.17) is 10.4 Å². The van der Waals surface area contributed by atoms with Gasteiger partial charge in [-0.3, -0.25) is 11.3 Å². The number of hydrogen-bond acceptors (Lipinski definition) is 3. The molecule has 0 saturated heterocycles. The van der Waals surface area contributed by atoms with Crippen molar-refractivity contribution in [2.24, 2.45) is 5.84 Å². The molecule has 0 aliphatic rings. The third-order valence-electron chi connectivity index (χ3n) is 0.421. The highest BCUT2D eigenvalue weighted by Gasteiger charge is 1.87. The van der Waals surface area contributed by atoms with Gasteiger partial charge < -0.3 is 4.55 Å². The predicted octanol–water partition coefficient (Wildman–Crippen LogP) is -1.33. The van der Waals surface area contributed by atoms with Crippen LogP contribution in [0.5, 0.6) is 0 Å². The van der Waals surface area contributed by atoms with Gasteiger partial charge in [-0.05, 0) is 0 Å². The largest absolute Gasteiger partial charge is 0.306 e. The Hall–Kier alpha value is 0.0300. The molecule has 0 rings (SSSR count). The standard InChI is InChI=1S/C2H8N2O2S/c3-4-1-2-7(5)6/h4H,1-3H2,(H,5,6). The fourth-order valence-electron chi connectivity index (χ4n) is 0.146. The minimum atomic E-state index is -1.71. The molecular weight excluding hydrogens is 116 g/mol. The van der Waals surface area contributed by atoms with Crippen LogP contribution in [0.2, 0.25) is 0 Å². The van der Waals surface area contributed by atoms with E-state index >= 15 is 0 Å². The molecule has 0 saturated carbocycles. The number of rotatable bonds is 3. The van der Waals surface area contributed by atoms with E-state index < -0.39 is 11.1 Å². The first kappa shape index (κ1) is 7.03. The van der Waals surface area contributed by atoms with Crippen LogP contribution in [0.25, 0.3) is 0 Å². The average molecular weight is 124 g/mol. The van der Waals surface area contributed by atoms with Gasteiger partial charge in [0.1, 0.15) is 0 Å². The van der Waals surface area contributed by atoms with Crippen LogP contribution < -0.4 is 11.3 Å². The van der Waals surface area contributed by atoms with Crippen molar-refractivity contribution in [1.82, 2.24) is 5.43 Å². The maximum Gasteiger partial charge on any atom is 0.154 e. The maximum absolute atomic E-state index is 9.77. The molecule has 0 aromatic carbocycles.